The van der Waals surface area contributed by atoms with E-state index in [0.717, 1.165) is 47.9 Å². The van der Waals surface area contributed by atoms with Crippen LogP contribution in [0.2, 0.25) is 0 Å². The topological polar surface area (TPSA) is 25.3 Å². The van der Waals surface area contributed by atoms with Gasteiger partial charge in [0.2, 0.25) is 11.4 Å². The number of rotatable bonds is 2. The van der Waals surface area contributed by atoms with E-state index in [4.69, 9.17) is 11.0 Å². The first-order valence-corrected chi connectivity index (χ1v) is 19.9. The van der Waals surface area contributed by atoms with Gasteiger partial charge in [0.15, 0.2) is 24.1 Å². The molecule has 0 bridgehead atoms. The molecule has 0 saturated heterocycles. The van der Waals surface area contributed by atoms with Gasteiger partial charge in [-0.15, -0.1) is 0 Å². The van der Waals surface area contributed by atoms with E-state index in [9.17, 15) is 0 Å². The molecule has 12 rings (SSSR count). The van der Waals surface area contributed by atoms with Gasteiger partial charge in [0.1, 0.15) is 11.2 Å². The second kappa shape index (κ2) is 11.4. The first-order chi connectivity index (χ1) is 27.0. The van der Waals surface area contributed by atoms with Crippen molar-refractivity contribution < 1.29 is 13.6 Å². The van der Waals surface area contributed by atoms with E-state index in [1.165, 1.54) is 82.7 Å². The third kappa shape index (κ3) is 4.40. The average Bonchev–Trinajstić information content (AvgIpc) is 3.85. The molecule has 2 aliphatic heterocycles. The van der Waals surface area contributed by atoms with Crippen LogP contribution in [0.5, 0.6) is 0 Å². The van der Waals surface area contributed by atoms with Gasteiger partial charge in [-0.3, -0.25) is 0 Å². The molecule has 4 heteroatoms. The molecule has 5 aromatic heterocycles. The van der Waals surface area contributed by atoms with Crippen molar-refractivity contribution >= 4 is 65.7 Å². The number of benzene rings is 5. The van der Waals surface area contributed by atoms with Crippen LogP contribution in [0, 0.1) is 5.92 Å². The maximum Gasteiger partial charge on any atom is 0.218 e. The number of fused-ring (bicyclic) bond motifs is 18. The van der Waals surface area contributed by atoms with Gasteiger partial charge in [0, 0.05) is 68.1 Å². The molecule has 5 aromatic carbocycles. The molecule has 2 unspecified atom stereocenters. The summed E-state index contributed by atoms with van der Waals surface area (Å²) >= 11 is 0. The summed E-state index contributed by atoms with van der Waals surface area (Å²) in [6, 6.07) is 45.7. The summed E-state index contributed by atoms with van der Waals surface area (Å²) in [7, 11) is 0. The Hall–Kier alpha value is -6.26. The quantitative estimate of drug-likeness (QED) is 0.164. The molecule has 2 aliphatic rings. The minimum atomic E-state index is 0.217. The maximum absolute atomic E-state index is 6.41. The smallest absolute Gasteiger partial charge is 0.218 e. The predicted molar refractivity (Wildman–Crippen MR) is 225 cm³/mol. The number of nitrogens with zero attached hydrogens (tertiary/aromatic N) is 3. The average molecular weight is 712 g/mol. The number of furan rings is 1. The summed E-state index contributed by atoms with van der Waals surface area (Å²) in [6.45, 7) is 9.44. The number of pyridine rings is 2. The molecule has 10 aromatic rings. The third-order valence-corrected chi connectivity index (χ3v) is 12.8. The van der Waals surface area contributed by atoms with Gasteiger partial charge in [-0.25, -0.2) is 0 Å². The second-order valence-corrected chi connectivity index (χ2v) is 16.5. The minimum Gasteiger partial charge on any atom is -0.456 e. The van der Waals surface area contributed by atoms with E-state index in [1.54, 1.807) is 0 Å². The van der Waals surface area contributed by atoms with E-state index >= 15 is 0 Å². The summed E-state index contributed by atoms with van der Waals surface area (Å²) in [5, 5.41) is 7.47. The Balaban J connectivity index is 1.15. The Morgan fingerprint density at radius 2 is 1.47 bits per heavy atom. The lowest BCUT2D eigenvalue weighted by Gasteiger charge is -2.31. The van der Waals surface area contributed by atoms with Crippen molar-refractivity contribution in [2.24, 2.45) is 5.92 Å². The van der Waals surface area contributed by atoms with Crippen LogP contribution in [0.25, 0.3) is 88.2 Å². The molecule has 2 atom stereocenters. The van der Waals surface area contributed by atoms with Gasteiger partial charge in [-0.2, -0.15) is 9.13 Å². The van der Waals surface area contributed by atoms with Crippen LogP contribution in [0.1, 0.15) is 55.3 Å². The molecular weight excluding hydrogens is 671 g/mol. The summed E-state index contributed by atoms with van der Waals surface area (Å²) in [6.07, 6.45) is 8.55. The number of para-hydroxylation sites is 2. The summed E-state index contributed by atoms with van der Waals surface area (Å²) < 4.78 is 13.9. The normalized spacial score (nSPS) is 17.0. The van der Waals surface area contributed by atoms with E-state index in [1.807, 2.05) is 0 Å². The zero-order chi connectivity index (χ0) is 36.5. The maximum atomic E-state index is 6.41. The van der Waals surface area contributed by atoms with Gasteiger partial charge in [0.05, 0.1) is 28.5 Å². The lowest BCUT2D eigenvalue weighted by Crippen LogP contribution is -2.49. The number of hydrogen-bond donors (Lipinski definition) is 0. The molecule has 7 heterocycles. The van der Waals surface area contributed by atoms with E-state index in [2.05, 4.69) is 161 Å². The highest BCUT2D eigenvalue weighted by atomic mass is 16.3. The van der Waals surface area contributed by atoms with Crippen molar-refractivity contribution in [2.75, 3.05) is 0 Å². The van der Waals surface area contributed by atoms with Crippen LogP contribution in [-0.2, 0) is 12.8 Å². The Bertz CT molecular complexity index is 3230. The number of hydrogen-bond acceptors (Lipinski definition) is 1. The molecule has 0 aliphatic carbocycles. The van der Waals surface area contributed by atoms with Gasteiger partial charge in [-0.05, 0) is 90.9 Å². The largest absolute Gasteiger partial charge is 0.456 e. The standard InChI is InChI=1S/C51H41N3O/c1-30(2)23-32-20-22-53-45-24-31(3)52-21-9-8-16-44(52)34-12-5-4-11-33(34)18-19-35(45)39-27-47-40(26-41(39)46(53)25-32)37-14-10-15-38-42-29-50-43(28-48(42)54(47)51(37)38)36-13-6-7-17-49(36)55-50/h4-17,20-22,25-30,35,45H,3,18-19,23-24H2,1-2H3/q+2. The molecule has 0 amide bonds. The molecule has 4 nitrogen and oxygen atoms in total. The van der Waals surface area contributed by atoms with Crippen LogP contribution in [-0.4, -0.2) is 4.40 Å². The van der Waals surface area contributed by atoms with Crippen molar-refractivity contribution in [3.05, 3.63) is 157 Å². The summed E-state index contributed by atoms with van der Waals surface area (Å²) in [5.41, 5.74) is 16.3. The SMILES string of the molecule is C=C1CC2C(CCc3ccccc3-c3cccc[n+]31)c1cc3c(cc1-c1cc(CC(C)C)cc[n+]12)c1cccc2c4cc5oc6ccccc6c5cc4n3c12. The molecule has 0 N–H and O–H groups in total. The van der Waals surface area contributed by atoms with Crippen LogP contribution in [0.3, 0.4) is 0 Å². The fraction of sp³-hybridized carbons (Fsp3) is 0.176. The third-order valence-electron chi connectivity index (χ3n) is 12.8. The van der Waals surface area contributed by atoms with Gasteiger partial charge < -0.3 is 8.82 Å². The highest BCUT2D eigenvalue weighted by Gasteiger charge is 2.43. The number of aryl methyl sites for hydroxylation is 1. The highest BCUT2D eigenvalue weighted by molar-refractivity contribution is 6.26. The van der Waals surface area contributed by atoms with Crippen molar-refractivity contribution in [1.82, 2.24) is 4.40 Å². The molecule has 0 fully saturated rings. The molecule has 0 saturated carbocycles. The molecule has 264 valence electrons. The van der Waals surface area contributed by atoms with E-state index < -0.39 is 0 Å². The Morgan fingerprint density at radius 3 is 2.36 bits per heavy atom. The van der Waals surface area contributed by atoms with Gasteiger partial charge >= 0.3 is 0 Å². The monoisotopic (exact) mass is 711 g/mol. The lowest BCUT2D eigenvalue weighted by atomic mass is 9.76. The first-order valence-electron chi connectivity index (χ1n) is 19.9. The minimum absolute atomic E-state index is 0.217. The van der Waals surface area contributed by atoms with E-state index in [0.29, 0.717) is 5.92 Å². The van der Waals surface area contributed by atoms with Crippen LogP contribution < -0.4 is 9.13 Å². The lowest BCUT2D eigenvalue weighted by molar-refractivity contribution is -0.720. The predicted octanol–water partition coefficient (Wildman–Crippen LogP) is 12.0. The van der Waals surface area contributed by atoms with Gasteiger partial charge in [-0.1, -0.05) is 68.4 Å². The fourth-order valence-corrected chi connectivity index (χ4v) is 10.5. The number of allylic oxidation sites excluding steroid dienone is 1. The highest BCUT2D eigenvalue weighted by Crippen LogP contribution is 2.49. The van der Waals surface area contributed by atoms with Crippen LogP contribution in [0.4, 0.5) is 0 Å². The molecule has 0 spiro atoms. The van der Waals surface area contributed by atoms with Crippen molar-refractivity contribution in [3.8, 4) is 22.5 Å². The zero-order valence-electron chi connectivity index (χ0n) is 31.2. The Kier molecular flexibility index (Phi) is 6.44. The summed E-state index contributed by atoms with van der Waals surface area (Å²) in [4.78, 5) is 0. The first kappa shape index (κ1) is 31.1. The van der Waals surface area contributed by atoms with E-state index in [-0.39, 0.29) is 12.0 Å². The zero-order valence-corrected chi connectivity index (χ0v) is 31.2. The molecule has 0 radical (unpaired) electrons. The van der Waals surface area contributed by atoms with Gasteiger partial charge in [0.25, 0.3) is 0 Å². The second-order valence-electron chi connectivity index (χ2n) is 16.5. The Labute approximate surface area is 319 Å². The van der Waals surface area contributed by atoms with Crippen molar-refractivity contribution in [2.45, 2.75) is 51.5 Å². The number of aromatic nitrogens is 3. The Morgan fingerprint density at radius 1 is 0.691 bits per heavy atom. The molecular formula is C51H41N3O+2. The summed E-state index contributed by atoms with van der Waals surface area (Å²) in [5.74, 6) is 0.867. The van der Waals surface area contributed by atoms with Crippen LogP contribution >= 0.6 is 0 Å². The van der Waals surface area contributed by atoms with Crippen molar-refractivity contribution in [3.63, 3.8) is 0 Å². The van der Waals surface area contributed by atoms with Crippen LogP contribution in [0.15, 0.2) is 145 Å². The fourth-order valence-electron chi connectivity index (χ4n) is 10.5. The molecule has 55 heavy (non-hydrogen) atoms. The van der Waals surface area contributed by atoms with Crippen molar-refractivity contribution in [1.29, 1.82) is 0 Å².